The van der Waals surface area contributed by atoms with E-state index in [0.29, 0.717) is 16.9 Å². The molecular weight excluding hydrogens is 452 g/mol. The maximum Gasteiger partial charge on any atom is 0.230 e. The maximum absolute atomic E-state index is 14.9. The van der Waals surface area contributed by atoms with Crippen LogP contribution in [0.2, 0.25) is 0 Å². The van der Waals surface area contributed by atoms with Crippen LogP contribution in [0.4, 0.5) is 20.7 Å². The van der Waals surface area contributed by atoms with Gasteiger partial charge in [0, 0.05) is 29.5 Å². The molecule has 0 aliphatic carbocycles. The molecule has 35 heavy (non-hydrogen) atoms. The molecule has 1 aliphatic rings. The molecule has 0 unspecified atom stereocenters. The van der Waals surface area contributed by atoms with Gasteiger partial charge in [-0.2, -0.15) is 0 Å². The molecule has 180 valence electrons. The average Bonchev–Trinajstić information content (AvgIpc) is 2.85. The smallest absolute Gasteiger partial charge is 0.230 e. The van der Waals surface area contributed by atoms with Crippen molar-refractivity contribution < 1.29 is 13.9 Å². The van der Waals surface area contributed by atoms with Crippen molar-refractivity contribution >= 4 is 22.8 Å². The van der Waals surface area contributed by atoms with Crippen LogP contribution in [0.3, 0.4) is 0 Å². The number of hydrogen-bond acceptors (Lipinski definition) is 8. The first-order valence-electron chi connectivity index (χ1n) is 11.4. The van der Waals surface area contributed by atoms with Gasteiger partial charge in [-0.25, -0.2) is 28.7 Å². The Kier molecular flexibility index (Phi) is 6.08. The van der Waals surface area contributed by atoms with E-state index in [1.165, 1.54) is 12.3 Å². The zero-order valence-electron chi connectivity index (χ0n) is 19.4. The molecule has 1 aliphatic heterocycles. The normalized spacial score (nSPS) is 14.9. The fraction of sp³-hybridized carbons (Fsp3) is 0.320. The van der Waals surface area contributed by atoms with Gasteiger partial charge in [0.1, 0.15) is 17.0 Å². The van der Waals surface area contributed by atoms with Crippen LogP contribution in [0, 0.1) is 11.6 Å². The van der Waals surface area contributed by atoms with E-state index < -0.39 is 17.2 Å². The largest absolute Gasteiger partial charge is 0.386 e. The molecule has 3 N–H and O–H groups in total. The SMILES string of the molecule is CC(C)(O)c1ccnc2c(F)cc(-c3nc(Nc4ncc(C5CCNCC5)cn4)ncc3F)cc12. The lowest BCUT2D eigenvalue weighted by atomic mass is 9.92. The first-order chi connectivity index (χ1) is 16.8. The number of piperidine rings is 1. The molecule has 0 atom stereocenters. The van der Waals surface area contributed by atoms with Gasteiger partial charge in [0.05, 0.1) is 11.8 Å². The number of aromatic nitrogens is 5. The first-order valence-corrected chi connectivity index (χ1v) is 11.4. The number of nitrogens with zero attached hydrogens (tertiary/aromatic N) is 5. The van der Waals surface area contributed by atoms with Crippen molar-refractivity contribution in [2.45, 2.75) is 38.2 Å². The molecule has 0 spiro atoms. The molecule has 4 heterocycles. The van der Waals surface area contributed by atoms with E-state index in [2.05, 4.69) is 35.6 Å². The zero-order valence-corrected chi connectivity index (χ0v) is 19.4. The minimum absolute atomic E-state index is 0.0745. The highest BCUT2D eigenvalue weighted by atomic mass is 19.1. The average molecular weight is 478 g/mol. The predicted octanol–water partition coefficient (Wildman–Crippen LogP) is 4.20. The number of aliphatic hydroxyl groups is 1. The van der Waals surface area contributed by atoms with Gasteiger partial charge in [0.15, 0.2) is 5.82 Å². The Labute approximate surface area is 200 Å². The topological polar surface area (TPSA) is 109 Å². The summed E-state index contributed by atoms with van der Waals surface area (Å²) in [6, 6.07) is 4.35. The van der Waals surface area contributed by atoms with Crippen LogP contribution in [0.25, 0.3) is 22.2 Å². The molecular formula is C25H25F2N7O. The number of pyridine rings is 1. The Bertz CT molecular complexity index is 1370. The molecule has 3 aromatic heterocycles. The third kappa shape index (κ3) is 4.80. The van der Waals surface area contributed by atoms with Crippen molar-refractivity contribution in [1.29, 1.82) is 0 Å². The Morgan fingerprint density at radius 3 is 2.40 bits per heavy atom. The summed E-state index contributed by atoms with van der Waals surface area (Å²) in [7, 11) is 0. The second-order valence-electron chi connectivity index (χ2n) is 9.15. The molecule has 4 aromatic rings. The van der Waals surface area contributed by atoms with E-state index in [1.807, 2.05) is 0 Å². The van der Waals surface area contributed by atoms with Gasteiger partial charge in [-0.05, 0) is 75.0 Å². The van der Waals surface area contributed by atoms with E-state index in [0.717, 1.165) is 37.7 Å². The molecule has 0 bridgehead atoms. The molecule has 1 aromatic carbocycles. The standard InChI is InChI=1S/C25H25F2N7O/c1-25(2,35)18-5-8-29-22-17(18)9-15(10-19(22)26)21-20(27)13-32-24(33-21)34-23-30-11-16(12-31-23)14-3-6-28-7-4-14/h5,8-14,28,35H,3-4,6-7H2,1-2H3,(H,30,31,32,33,34). The molecule has 8 nitrogen and oxygen atoms in total. The number of benzene rings is 1. The van der Waals surface area contributed by atoms with Crippen LogP contribution in [-0.2, 0) is 5.60 Å². The summed E-state index contributed by atoms with van der Waals surface area (Å²) in [5, 5.41) is 17.1. The molecule has 10 heteroatoms. The van der Waals surface area contributed by atoms with Gasteiger partial charge < -0.3 is 10.4 Å². The van der Waals surface area contributed by atoms with Gasteiger partial charge in [0.25, 0.3) is 0 Å². The van der Waals surface area contributed by atoms with Gasteiger partial charge in [-0.15, -0.1) is 0 Å². The van der Waals surface area contributed by atoms with E-state index in [4.69, 9.17) is 0 Å². The van der Waals surface area contributed by atoms with Crippen molar-refractivity contribution in [3.05, 3.63) is 65.7 Å². The van der Waals surface area contributed by atoms with Crippen LogP contribution in [0.1, 0.15) is 43.7 Å². The Balaban J connectivity index is 1.47. The Morgan fingerprint density at radius 1 is 0.971 bits per heavy atom. The van der Waals surface area contributed by atoms with Crippen LogP contribution >= 0.6 is 0 Å². The summed E-state index contributed by atoms with van der Waals surface area (Å²) in [5.74, 6) is -0.591. The van der Waals surface area contributed by atoms with Crippen molar-refractivity contribution in [2.75, 3.05) is 18.4 Å². The Hall–Kier alpha value is -3.63. The van der Waals surface area contributed by atoms with Gasteiger partial charge in [-0.3, -0.25) is 10.3 Å². The van der Waals surface area contributed by atoms with E-state index in [-0.39, 0.29) is 28.7 Å². The van der Waals surface area contributed by atoms with Crippen LogP contribution in [0.15, 0.2) is 43.0 Å². The highest BCUT2D eigenvalue weighted by molar-refractivity contribution is 5.88. The molecule has 5 rings (SSSR count). The fourth-order valence-electron chi connectivity index (χ4n) is 4.38. The predicted molar refractivity (Wildman–Crippen MR) is 128 cm³/mol. The quantitative estimate of drug-likeness (QED) is 0.393. The van der Waals surface area contributed by atoms with Crippen molar-refractivity contribution in [1.82, 2.24) is 30.2 Å². The minimum Gasteiger partial charge on any atom is -0.386 e. The highest BCUT2D eigenvalue weighted by Crippen LogP contribution is 2.33. The zero-order chi connectivity index (χ0) is 24.6. The highest BCUT2D eigenvalue weighted by Gasteiger charge is 2.22. The third-order valence-electron chi connectivity index (χ3n) is 6.18. The van der Waals surface area contributed by atoms with Gasteiger partial charge in [-0.1, -0.05) is 0 Å². The van der Waals surface area contributed by atoms with E-state index >= 15 is 0 Å². The summed E-state index contributed by atoms with van der Waals surface area (Å²) in [4.78, 5) is 21.0. The summed E-state index contributed by atoms with van der Waals surface area (Å²) in [5.41, 5.74) is 0.474. The van der Waals surface area contributed by atoms with Crippen molar-refractivity contribution in [3.8, 4) is 11.3 Å². The molecule has 0 saturated carbocycles. The summed E-state index contributed by atoms with van der Waals surface area (Å²) in [6.45, 7) is 5.13. The number of nitrogens with one attached hydrogen (secondary N) is 2. The molecule has 0 amide bonds. The fourth-order valence-corrected chi connectivity index (χ4v) is 4.38. The second-order valence-corrected chi connectivity index (χ2v) is 9.15. The molecule has 1 saturated heterocycles. The van der Waals surface area contributed by atoms with Crippen LogP contribution in [0.5, 0.6) is 0 Å². The Morgan fingerprint density at radius 2 is 1.69 bits per heavy atom. The maximum atomic E-state index is 14.9. The third-order valence-corrected chi connectivity index (χ3v) is 6.18. The van der Waals surface area contributed by atoms with Crippen molar-refractivity contribution in [2.24, 2.45) is 0 Å². The van der Waals surface area contributed by atoms with Gasteiger partial charge in [0.2, 0.25) is 11.9 Å². The lowest BCUT2D eigenvalue weighted by molar-refractivity contribution is 0.0801. The number of rotatable bonds is 5. The first kappa shape index (κ1) is 23.1. The van der Waals surface area contributed by atoms with Gasteiger partial charge >= 0.3 is 0 Å². The summed E-state index contributed by atoms with van der Waals surface area (Å²) in [6.07, 6.45) is 8.07. The minimum atomic E-state index is -1.25. The van der Waals surface area contributed by atoms with Crippen molar-refractivity contribution in [3.63, 3.8) is 0 Å². The lowest BCUT2D eigenvalue weighted by Crippen LogP contribution is -2.26. The van der Waals surface area contributed by atoms with E-state index in [9.17, 15) is 13.9 Å². The number of anilines is 2. The summed E-state index contributed by atoms with van der Waals surface area (Å²) < 4.78 is 29.7. The monoisotopic (exact) mass is 477 g/mol. The molecule has 0 radical (unpaired) electrons. The summed E-state index contributed by atoms with van der Waals surface area (Å²) >= 11 is 0. The van der Waals surface area contributed by atoms with E-state index in [1.54, 1.807) is 38.4 Å². The van der Waals surface area contributed by atoms with Crippen LogP contribution in [-0.4, -0.2) is 43.1 Å². The number of hydrogen-bond donors (Lipinski definition) is 3. The number of halogens is 2. The number of fused-ring (bicyclic) bond motifs is 1. The molecule has 1 fully saturated rings. The lowest BCUT2D eigenvalue weighted by Gasteiger charge is -2.22. The van der Waals surface area contributed by atoms with Crippen LogP contribution < -0.4 is 10.6 Å². The second kappa shape index (κ2) is 9.20.